The molecule has 108 valence electrons. The van der Waals surface area contributed by atoms with Gasteiger partial charge in [-0.1, -0.05) is 0 Å². The molecule has 0 saturated carbocycles. The van der Waals surface area contributed by atoms with Gasteiger partial charge < -0.3 is 32.6 Å². The molecule has 5 heteroatoms. The Morgan fingerprint density at radius 3 is 2.47 bits per heavy atom. The van der Waals surface area contributed by atoms with Crippen molar-refractivity contribution in [1.82, 2.24) is 0 Å². The van der Waals surface area contributed by atoms with Gasteiger partial charge in [0.25, 0.3) is 0 Å². The number of rotatable bonds is 3. The van der Waals surface area contributed by atoms with Crippen molar-refractivity contribution in [3.05, 3.63) is 23.8 Å². The van der Waals surface area contributed by atoms with Crippen molar-refractivity contribution in [2.45, 2.75) is 6.92 Å². The Kier molecular flexibility index (Phi) is 5.47. The van der Waals surface area contributed by atoms with Crippen LogP contribution in [0.3, 0.4) is 0 Å². The summed E-state index contributed by atoms with van der Waals surface area (Å²) in [7, 11) is 2.22. The van der Waals surface area contributed by atoms with Crippen molar-refractivity contribution in [3.63, 3.8) is 0 Å². The third-order valence-corrected chi connectivity index (χ3v) is 4.08. The first-order valence-electron chi connectivity index (χ1n) is 6.59. The van der Waals surface area contributed by atoms with Gasteiger partial charge in [-0.25, -0.2) is 0 Å². The summed E-state index contributed by atoms with van der Waals surface area (Å²) >= 11 is 0. The highest BCUT2D eigenvalue weighted by Gasteiger charge is 2.28. The molecular weight excluding hydrogens is 262 g/mol. The number of benzene rings is 1. The minimum atomic E-state index is 0. The van der Waals surface area contributed by atoms with E-state index in [4.69, 9.17) is 10.8 Å². The van der Waals surface area contributed by atoms with Gasteiger partial charge in [0.1, 0.15) is 6.54 Å². The number of likely N-dealkylation sites (N-methyl/N-ethyl adjacent to an activating group) is 1. The molecule has 19 heavy (non-hydrogen) atoms. The number of hydrogen-bond donors (Lipinski definition) is 2. The monoisotopic (exact) mass is 285 g/mol. The minimum absolute atomic E-state index is 0. The topological polar surface area (TPSA) is 49.5 Å². The Morgan fingerprint density at radius 1 is 1.32 bits per heavy atom. The second-order valence-corrected chi connectivity index (χ2v) is 5.54. The van der Waals surface area contributed by atoms with Crippen LogP contribution in [-0.4, -0.2) is 56.0 Å². The second-order valence-electron chi connectivity index (χ2n) is 5.54. The summed E-state index contributed by atoms with van der Waals surface area (Å²) in [6.45, 7) is 7.44. The lowest BCUT2D eigenvalue weighted by Crippen LogP contribution is -3.00. The van der Waals surface area contributed by atoms with E-state index in [0.29, 0.717) is 0 Å². The summed E-state index contributed by atoms with van der Waals surface area (Å²) in [6, 6.07) is 6.25. The number of anilines is 2. The molecule has 0 atom stereocenters. The van der Waals surface area contributed by atoms with Gasteiger partial charge in [-0.3, -0.25) is 0 Å². The lowest BCUT2D eigenvalue weighted by atomic mass is 10.1. The number of hydrogen-bond acceptors (Lipinski definition) is 3. The molecule has 0 spiro atoms. The van der Waals surface area contributed by atoms with Crippen molar-refractivity contribution in [2.75, 3.05) is 57.0 Å². The molecule has 1 heterocycles. The first kappa shape index (κ1) is 16.1. The fourth-order valence-electron chi connectivity index (χ4n) is 2.53. The Labute approximate surface area is 121 Å². The lowest BCUT2D eigenvalue weighted by Gasteiger charge is -2.42. The highest BCUT2D eigenvalue weighted by Crippen LogP contribution is 2.22. The van der Waals surface area contributed by atoms with Gasteiger partial charge in [0.2, 0.25) is 0 Å². The van der Waals surface area contributed by atoms with Crippen molar-refractivity contribution in [1.29, 1.82) is 0 Å². The maximum absolute atomic E-state index is 9.09. The molecule has 0 radical (unpaired) electrons. The van der Waals surface area contributed by atoms with Crippen LogP contribution in [0, 0.1) is 6.92 Å². The van der Waals surface area contributed by atoms with Gasteiger partial charge in [0.05, 0.1) is 39.8 Å². The maximum Gasteiger partial charge on any atom is 0.102 e. The summed E-state index contributed by atoms with van der Waals surface area (Å²) in [4.78, 5) is 2.41. The van der Waals surface area contributed by atoms with Gasteiger partial charge in [-0.15, -0.1) is 0 Å². The van der Waals surface area contributed by atoms with Crippen molar-refractivity contribution >= 4 is 11.4 Å². The average molecular weight is 286 g/mol. The number of quaternary nitrogens is 1. The van der Waals surface area contributed by atoms with Gasteiger partial charge in [0, 0.05) is 11.4 Å². The maximum atomic E-state index is 9.09. The highest BCUT2D eigenvalue weighted by molar-refractivity contribution is 5.58. The molecule has 0 unspecified atom stereocenters. The Hall–Kier alpha value is -0.970. The summed E-state index contributed by atoms with van der Waals surface area (Å²) in [5.41, 5.74) is 9.11. The summed E-state index contributed by atoms with van der Waals surface area (Å²) in [5.74, 6) is 0. The zero-order chi connectivity index (χ0) is 13.2. The minimum Gasteiger partial charge on any atom is -1.00 e. The molecule has 0 amide bonds. The molecule has 1 saturated heterocycles. The molecular formula is C14H24ClN3O. The first-order valence-corrected chi connectivity index (χ1v) is 6.59. The number of nitrogens with zero attached hydrogens (tertiary/aromatic N) is 2. The highest BCUT2D eigenvalue weighted by atomic mass is 35.5. The number of aryl methyl sites for hydroxylation is 1. The van der Waals surface area contributed by atoms with Crippen molar-refractivity contribution in [3.8, 4) is 0 Å². The van der Waals surface area contributed by atoms with E-state index in [1.165, 1.54) is 5.69 Å². The Bertz CT molecular complexity index is 417. The average Bonchev–Trinajstić information content (AvgIpc) is 2.34. The van der Waals surface area contributed by atoms with Gasteiger partial charge in [-0.2, -0.15) is 0 Å². The summed E-state index contributed by atoms with van der Waals surface area (Å²) in [5, 5.41) is 9.09. The van der Waals surface area contributed by atoms with Crippen molar-refractivity contribution in [2.24, 2.45) is 0 Å². The molecule has 3 N–H and O–H groups in total. The van der Waals surface area contributed by atoms with Crippen LogP contribution in [0.4, 0.5) is 11.4 Å². The number of aliphatic hydroxyl groups excluding tert-OH is 1. The fourth-order valence-corrected chi connectivity index (χ4v) is 2.53. The molecule has 4 nitrogen and oxygen atoms in total. The number of nitrogen functional groups attached to an aromatic ring is 1. The van der Waals surface area contributed by atoms with Crippen molar-refractivity contribution < 1.29 is 22.0 Å². The van der Waals surface area contributed by atoms with Crippen LogP contribution in [0.15, 0.2) is 18.2 Å². The van der Waals surface area contributed by atoms with Gasteiger partial charge >= 0.3 is 0 Å². The van der Waals surface area contributed by atoms with Crippen LogP contribution in [0.2, 0.25) is 0 Å². The SMILES string of the molecule is Cc1cc(N2CC[N+](C)(CCO)CC2)ccc1N.[Cl-]. The fraction of sp³-hybridized carbons (Fsp3) is 0.571. The smallest absolute Gasteiger partial charge is 0.102 e. The van der Waals surface area contributed by atoms with Crippen LogP contribution >= 0.6 is 0 Å². The zero-order valence-corrected chi connectivity index (χ0v) is 12.5. The second kappa shape index (κ2) is 6.46. The number of piperazine rings is 1. The first-order chi connectivity index (χ1) is 8.54. The van der Waals surface area contributed by atoms with Crippen LogP contribution in [0.25, 0.3) is 0 Å². The number of halogens is 1. The standard InChI is InChI=1S/C14H24N3O.ClH/c1-12-11-13(3-4-14(12)15)16-5-7-17(2,8-6-16)9-10-18;/h3-4,11,18H,5-10,15H2,1-2H3;1H/q+1;/p-1. The predicted octanol–water partition coefficient (Wildman–Crippen LogP) is -2.16. The normalized spacial score (nSPS) is 17.9. The molecule has 0 bridgehead atoms. The number of nitrogens with two attached hydrogens (primary N) is 1. The Balaban J connectivity index is 0.00000180. The molecule has 1 aliphatic rings. The predicted molar refractivity (Wildman–Crippen MR) is 75.7 cm³/mol. The lowest BCUT2D eigenvalue weighted by molar-refractivity contribution is -0.910. The van der Waals surface area contributed by atoms with E-state index in [1.54, 1.807) is 0 Å². The number of aliphatic hydroxyl groups is 1. The Morgan fingerprint density at radius 2 is 1.95 bits per heavy atom. The molecule has 1 aromatic rings. The third-order valence-electron chi connectivity index (χ3n) is 4.08. The third kappa shape index (κ3) is 3.75. The van der Waals surface area contributed by atoms with E-state index in [0.717, 1.165) is 48.5 Å². The van der Waals surface area contributed by atoms with E-state index in [1.807, 2.05) is 6.07 Å². The molecule has 1 aromatic carbocycles. The molecule has 0 aromatic heterocycles. The van der Waals surface area contributed by atoms with Gasteiger partial charge in [0.15, 0.2) is 0 Å². The summed E-state index contributed by atoms with van der Waals surface area (Å²) < 4.78 is 0.973. The van der Waals surface area contributed by atoms with Crippen LogP contribution in [0.5, 0.6) is 0 Å². The van der Waals surface area contributed by atoms with E-state index < -0.39 is 0 Å². The van der Waals surface area contributed by atoms with Gasteiger partial charge in [-0.05, 0) is 30.7 Å². The largest absolute Gasteiger partial charge is 1.00 e. The summed E-state index contributed by atoms with van der Waals surface area (Å²) in [6.07, 6.45) is 0. The molecule has 1 aliphatic heterocycles. The quantitative estimate of drug-likeness (QED) is 0.491. The van der Waals surface area contributed by atoms with Crippen LogP contribution in [-0.2, 0) is 0 Å². The molecule has 0 aliphatic carbocycles. The molecule has 1 fully saturated rings. The van der Waals surface area contributed by atoms with Crippen LogP contribution in [0.1, 0.15) is 5.56 Å². The zero-order valence-electron chi connectivity index (χ0n) is 11.8. The van der Waals surface area contributed by atoms with E-state index >= 15 is 0 Å². The van der Waals surface area contributed by atoms with Crippen LogP contribution < -0.4 is 23.0 Å². The van der Waals surface area contributed by atoms with E-state index in [9.17, 15) is 0 Å². The van der Waals surface area contributed by atoms with E-state index in [2.05, 4.69) is 31.0 Å². The van der Waals surface area contributed by atoms with E-state index in [-0.39, 0.29) is 19.0 Å². The molecule has 2 rings (SSSR count).